The highest BCUT2D eigenvalue weighted by Gasteiger charge is 2.26. The number of hydrogen-bond acceptors (Lipinski definition) is 2. The van der Waals surface area contributed by atoms with E-state index in [9.17, 15) is 9.59 Å². The average Bonchev–Trinajstić information content (AvgIpc) is 2.35. The molecule has 1 atom stereocenters. The summed E-state index contributed by atoms with van der Waals surface area (Å²) < 4.78 is 0. The molecule has 1 amide bonds. The Morgan fingerprint density at radius 2 is 1.88 bits per heavy atom. The summed E-state index contributed by atoms with van der Waals surface area (Å²) in [6, 6.07) is 0. The maximum atomic E-state index is 11.6. The molecule has 0 aliphatic heterocycles. The normalized spacial score (nSPS) is 26.2. The molecule has 0 saturated heterocycles. The second-order valence-electron chi connectivity index (χ2n) is 5.11. The highest BCUT2D eigenvalue weighted by atomic mass is 16.4. The minimum atomic E-state index is -0.674. The molecule has 0 bridgehead atoms. The predicted octanol–water partition coefficient (Wildman–Crippen LogP) is 2.04. The zero-order chi connectivity index (χ0) is 12.8. The van der Waals surface area contributed by atoms with E-state index in [-0.39, 0.29) is 17.7 Å². The van der Waals surface area contributed by atoms with E-state index in [1.165, 1.54) is 0 Å². The second-order valence-corrected chi connectivity index (χ2v) is 5.11. The average molecular weight is 241 g/mol. The van der Waals surface area contributed by atoms with Gasteiger partial charge >= 0.3 is 5.97 Å². The van der Waals surface area contributed by atoms with Gasteiger partial charge in [-0.15, -0.1) is 0 Å². The molecule has 1 rings (SSSR count). The van der Waals surface area contributed by atoms with Gasteiger partial charge in [0.05, 0.1) is 5.92 Å². The zero-order valence-corrected chi connectivity index (χ0v) is 10.7. The van der Waals surface area contributed by atoms with Crippen molar-refractivity contribution in [1.82, 2.24) is 5.32 Å². The van der Waals surface area contributed by atoms with Crippen molar-refractivity contribution < 1.29 is 14.7 Å². The quantitative estimate of drug-likeness (QED) is 0.774. The van der Waals surface area contributed by atoms with Crippen LogP contribution in [-0.2, 0) is 9.59 Å². The van der Waals surface area contributed by atoms with Crippen LogP contribution < -0.4 is 5.32 Å². The second kappa shape index (κ2) is 6.62. The number of hydrogen-bond donors (Lipinski definition) is 2. The number of carbonyl (C=O) groups is 2. The Kier molecular flexibility index (Phi) is 5.45. The molecule has 1 aliphatic rings. The Hall–Kier alpha value is -1.06. The maximum absolute atomic E-state index is 11.6. The Labute approximate surface area is 103 Å². The summed E-state index contributed by atoms with van der Waals surface area (Å²) in [5.74, 6) is -0.194. The minimum Gasteiger partial charge on any atom is -0.481 e. The topological polar surface area (TPSA) is 66.4 Å². The lowest BCUT2D eigenvalue weighted by atomic mass is 9.82. The molecule has 0 spiro atoms. The van der Waals surface area contributed by atoms with Gasteiger partial charge in [0.25, 0.3) is 0 Å². The Balaban J connectivity index is 2.22. The molecule has 4 heteroatoms. The summed E-state index contributed by atoms with van der Waals surface area (Å²) in [6.45, 7) is 4.63. The molecule has 1 saturated carbocycles. The van der Waals surface area contributed by atoms with Gasteiger partial charge in [0, 0.05) is 12.5 Å². The molecule has 1 unspecified atom stereocenters. The summed E-state index contributed by atoms with van der Waals surface area (Å²) >= 11 is 0. The lowest BCUT2D eigenvalue weighted by Gasteiger charge is -2.26. The van der Waals surface area contributed by atoms with Crippen LogP contribution in [0.4, 0.5) is 0 Å². The predicted molar refractivity (Wildman–Crippen MR) is 65.5 cm³/mol. The number of nitrogens with one attached hydrogen (secondary N) is 1. The standard InChI is InChI=1S/C13H23NO3/c1-3-9(2)12(15)14-8-10-4-6-11(7-5-10)13(16)17/h9-11H,3-8H2,1-2H3,(H,14,15)(H,16,17). The number of carbonyl (C=O) groups excluding carboxylic acids is 1. The number of amides is 1. The summed E-state index contributed by atoms with van der Waals surface area (Å²) in [7, 11) is 0. The lowest BCUT2D eigenvalue weighted by molar-refractivity contribution is -0.143. The Morgan fingerprint density at radius 1 is 1.29 bits per heavy atom. The van der Waals surface area contributed by atoms with Crippen LogP contribution in [0.15, 0.2) is 0 Å². The number of carboxylic acids is 1. The van der Waals surface area contributed by atoms with Crippen LogP contribution in [0, 0.1) is 17.8 Å². The fraction of sp³-hybridized carbons (Fsp3) is 0.846. The highest BCUT2D eigenvalue weighted by molar-refractivity contribution is 5.78. The van der Waals surface area contributed by atoms with Crippen LogP contribution in [0.25, 0.3) is 0 Å². The third kappa shape index (κ3) is 4.36. The molecule has 17 heavy (non-hydrogen) atoms. The molecule has 4 nitrogen and oxygen atoms in total. The molecular weight excluding hydrogens is 218 g/mol. The molecule has 1 fully saturated rings. The summed E-state index contributed by atoms with van der Waals surface area (Å²) in [4.78, 5) is 22.4. The Bertz CT molecular complexity index is 270. The van der Waals surface area contributed by atoms with Crippen LogP contribution in [0.1, 0.15) is 46.0 Å². The van der Waals surface area contributed by atoms with Gasteiger partial charge < -0.3 is 10.4 Å². The van der Waals surface area contributed by atoms with E-state index in [0.717, 1.165) is 32.1 Å². The highest BCUT2D eigenvalue weighted by Crippen LogP contribution is 2.28. The molecule has 0 aromatic rings. The first-order chi connectivity index (χ1) is 8.04. The molecule has 98 valence electrons. The van der Waals surface area contributed by atoms with E-state index < -0.39 is 5.97 Å². The van der Waals surface area contributed by atoms with Crippen molar-refractivity contribution in [3.63, 3.8) is 0 Å². The summed E-state index contributed by atoms with van der Waals surface area (Å²) in [5.41, 5.74) is 0. The largest absolute Gasteiger partial charge is 0.481 e. The van der Waals surface area contributed by atoms with Gasteiger partial charge in [0.15, 0.2) is 0 Å². The first-order valence-electron chi connectivity index (χ1n) is 6.55. The van der Waals surface area contributed by atoms with Gasteiger partial charge in [-0.25, -0.2) is 0 Å². The van der Waals surface area contributed by atoms with E-state index in [0.29, 0.717) is 12.5 Å². The van der Waals surface area contributed by atoms with E-state index in [1.54, 1.807) is 0 Å². The first kappa shape index (κ1) is 14.0. The molecule has 1 aliphatic carbocycles. The van der Waals surface area contributed by atoms with Gasteiger partial charge in [-0.05, 0) is 38.0 Å². The molecule has 0 heterocycles. The van der Waals surface area contributed by atoms with Gasteiger partial charge in [-0.1, -0.05) is 13.8 Å². The number of carboxylic acid groups (broad SMARTS) is 1. The number of rotatable bonds is 5. The molecular formula is C13H23NO3. The van der Waals surface area contributed by atoms with Crippen molar-refractivity contribution in [1.29, 1.82) is 0 Å². The molecule has 0 aromatic heterocycles. The minimum absolute atomic E-state index is 0.0744. The molecule has 0 aromatic carbocycles. The smallest absolute Gasteiger partial charge is 0.306 e. The fourth-order valence-electron chi connectivity index (χ4n) is 2.22. The number of aliphatic carboxylic acids is 1. The van der Waals surface area contributed by atoms with Crippen molar-refractivity contribution in [3.8, 4) is 0 Å². The third-order valence-electron chi connectivity index (χ3n) is 3.82. The van der Waals surface area contributed by atoms with E-state index in [2.05, 4.69) is 5.32 Å². The van der Waals surface area contributed by atoms with Crippen LogP contribution in [0.3, 0.4) is 0 Å². The summed E-state index contributed by atoms with van der Waals surface area (Å²) in [6.07, 6.45) is 4.19. The molecule has 0 radical (unpaired) electrons. The van der Waals surface area contributed by atoms with Crippen molar-refractivity contribution in [2.45, 2.75) is 46.0 Å². The lowest BCUT2D eigenvalue weighted by Crippen LogP contribution is -2.35. The SMILES string of the molecule is CCC(C)C(=O)NCC1CCC(C(=O)O)CC1. The van der Waals surface area contributed by atoms with Gasteiger partial charge in [0.2, 0.25) is 5.91 Å². The van der Waals surface area contributed by atoms with Gasteiger partial charge in [0.1, 0.15) is 0 Å². The first-order valence-corrected chi connectivity index (χ1v) is 6.55. The fourth-order valence-corrected chi connectivity index (χ4v) is 2.22. The molecule has 2 N–H and O–H groups in total. The van der Waals surface area contributed by atoms with Crippen molar-refractivity contribution in [2.24, 2.45) is 17.8 Å². The van der Waals surface area contributed by atoms with Crippen LogP contribution in [-0.4, -0.2) is 23.5 Å². The van der Waals surface area contributed by atoms with Crippen molar-refractivity contribution in [2.75, 3.05) is 6.54 Å². The van der Waals surface area contributed by atoms with E-state index in [1.807, 2.05) is 13.8 Å². The van der Waals surface area contributed by atoms with Crippen molar-refractivity contribution in [3.05, 3.63) is 0 Å². The van der Waals surface area contributed by atoms with Crippen LogP contribution >= 0.6 is 0 Å². The Morgan fingerprint density at radius 3 is 2.35 bits per heavy atom. The van der Waals surface area contributed by atoms with E-state index >= 15 is 0 Å². The van der Waals surface area contributed by atoms with Crippen LogP contribution in [0.2, 0.25) is 0 Å². The van der Waals surface area contributed by atoms with Gasteiger partial charge in [-0.2, -0.15) is 0 Å². The summed E-state index contributed by atoms with van der Waals surface area (Å²) in [5, 5.41) is 11.8. The monoisotopic (exact) mass is 241 g/mol. The van der Waals surface area contributed by atoms with Crippen LogP contribution in [0.5, 0.6) is 0 Å². The third-order valence-corrected chi connectivity index (χ3v) is 3.82. The van der Waals surface area contributed by atoms with Crippen molar-refractivity contribution >= 4 is 11.9 Å². The van der Waals surface area contributed by atoms with Gasteiger partial charge in [-0.3, -0.25) is 9.59 Å². The zero-order valence-electron chi connectivity index (χ0n) is 10.7. The maximum Gasteiger partial charge on any atom is 0.306 e. The van der Waals surface area contributed by atoms with E-state index in [4.69, 9.17) is 5.11 Å².